The van der Waals surface area contributed by atoms with Gasteiger partial charge in [0.15, 0.2) is 6.61 Å². The molecular formula is C12H12N2O2S. The van der Waals surface area contributed by atoms with E-state index in [4.69, 9.17) is 4.74 Å². The molecular weight excluding hydrogens is 236 g/mol. The van der Waals surface area contributed by atoms with Crippen molar-refractivity contribution in [1.29, 1.82) is 0 Å². The molecule has 0 unspecified atom stereocenters. The summed E-state index contributed by atoms with van der Waals surface area (Å²) in [6.45, 7) is 2.82. The fourth-order valence-electron chi connectivity index (χ4n) is 1.78. The van der Waals surface area contributed by atoms with Gasteiger partial charge < -0.3 is 9.64 Å². The smallest absolute Gasteiger partial charge is 0.265 e. The first-order valence-electron chi connectivity index (χ1n) is 5.41. The van der Waals surface area contributed by atoms with Crippen molar-refractivity contribution in [3.63, 3.8) is 0 Å². The second kappa shape index (κ2) is 5.08. The van der Waals surface area contributed by atoms with E-state index in [1.165, 1.54) is 0 Å². The lowest BCUT2D eigenvalue weighted by atomic mass is 10.2. The molecule has 0 bridgehead atoms. The Morgan fingerprint density at radius 1 is 1.59 bits per heavy atom. The molecule has 0 fully saturated rings. The molecule has 1 amide bonds. The van der Waals surface area contributed by atoms with Crippen molar-refractivity contribution in [2.24, 2.45) is 4.99 Å². The van der Waals surface area contributed by atoms with Crippen LogP contribution in [0.2, 0.25) is 0 Å². The highest BCUT2D eigenvalue weighted by Gasteiger charge is 2.24. The van der Waals surface area contributed by atoms with Crippen LogP contribution in [0.1, 0.15) is 13.3 Å². The number of carbonyl (C=O) groups is 1. The second-order valence-corrected chi connectivity index (χ2v) is 3.87. The number of nitrogens with zero attached hydrogens (tertiary/aromatic N) is 2. The summed E-state index contributed by atoms with van der Waals surface area (Å²) < 4.78 is 5.39. The first kappa shape index (κ1) is 11.8. The Balaban J connectivity index is 2.40. The molecule has 1 aromatic carbocycles. The average Bonchev–Trinajstić information content (AvgIpc) is 2.33. The summed E-state index contributed by atoms with van der Waals surface area (Å²) in [7, 11) is 0. The lowest BCUT2D eigenvalue weighted by Gasteiger charge is -2.29. The number of anilines is 1. The van der Waals surface area contributed by atoms with Crippen molar-refractivity contribution >= 4 is 34.7 Å². The summed E-state index contributed by atoms with van der Waals surface area (Å²) in [5.74, 6) is 0.662. The van der Waals surface area contributed by atoms with Crippen LogP contribution in [0.4, 0.5) is 11.4 Å². The van der Waals surface area contributed by atoms with E-state index >= 15 is 0 Å². The summed E-state index contributed by atoms with van der Waals surface area (Å²) in [4.78, 5) is 17.3. The van der Waals surface area contributed by atoms with Gasteiger partial charge in [-0.3, -0.25) is 4.79 Å². The Morgan fingerprint density at radius 2 is 2.41 bits per heavy atom. The maximum absolute atomic E-state index is 11.7. The molecule has 0 saturated heterocycles. The first-order chi connectivity index (χ1) is 8.26. The molecule has 4 nitrogen and oxygen atoms in total. The van der Waals surface area contributed by atoms with Gasteiger partial charge in [0.05, 0.1) is 16.5 Å². The predicted octanol–water partition coefficient (Wildman–Crippen LogP) is 2.56. The predicted molar refractivity (Wildman–Crippen MR) is 69.3 cm³/mol. The Morgan fingerprint density at radius 3 is 3.12 bits per heavy atom. The Bertz CT molecular complexity index is 495. The third-order valence-corrected chi connectivity index (χ3v) is 2.60. The minimum atomic E-state index is -0.00886. The summed E-state index contributed by atoms with van der Waals surface area (Å²) in [5.41, 5.74) is 1.48. The molecule has 0 atom stereocenters. The Hall–Kier alpha value is -1.71. The van der Waals surface area contributed by atoms with Crippen molar-refractivity contribution in [3.8, 4) is 5.75 Å². The second-order valence-electron chi connectivity index (χ2n) is 3.69. The standard InChI is InChI=1S/C12H12N2O2S/c1-2-5-14-10-4-3-9(13-8-17)6-11(10)16-7-12(14)15/h3-4,6H,2,5,7H2,1H3. The molecule has 0 aromatic heterocycles. The number of hydrogen-bond donors (Lipinski definition) is 0. The number of amides is 1. The molecule has 0 N–H and O–H groups in total. The molecule has 88 valence electrons. The van der Waals surface area contributed by atoms with Crippen LogP contribution in [0.5, 0.6) is 5.75 Å². The molecule has 1 aromatic rings. The molecule has 17 heavy (non-hydrogen) atoms. The van der Waals surface area contributed by atoms with Gasteiger partial charge in [-0.1, -0.05) is 6.92 Å². The fraction of sp³-hybridized carbons (Fsp3) is 0.333. The molecule has 0 radical (unpaired) electrons. The average molecular weight is 248 g/mol. The fourth-order valence-corrected chi connectivity index (χ4v) is 1.89. The van der Waals surface area contributed by atoms with Crippen molar-refractivity contribution in [2.75, 3.05) is 18.1 Å². The van der Waals surface area contributed by atoms with Crippen LogP contribution in [0, 0.1) is 0 Å². The molecule has 1 heterocycles. The normalized spacial score (nSPS) is 13.7. The van der Waals surface area contributed by atoms with Gasteiger partial charge in [0.2, 0.25) is 0 Å². The van der Waals surface area contributed by atoms with Crippen LogP contribution in [-0.4, -0.2) is 24.2 Å². The van der Waals surface area contributed by atoms with Crippen LogP contribution in [0.3, 0.4) is 0 Å². The van der Waals surface area contributed by atoms with Crippen LogP contribution >= 0.6 is 12.2 Å². The van der Waals surface area contributed by atoms with Crippen molar-refractivity contribution in [1.82, 2.24) is 0 Å². The van der Waals surface area contributed by atoms with Gasteiger partial charge in [-0.05, 0) is 30.8 Å². The zero-order chi connectivity index (χ0) is 12.3. The number of benzene rings is 1. The van der Waals surface area contributed by atoms with E-state index < -0.39 is 0 Å². The zero-order valence-electron chi connectivity index (χ0n) is 9.47. The summed E-state index contributed by atoms with van der Waals surface area (Å²) in [6.07, 6.45) is 0.908. The van der Waals surface area contributed by atoms with Gasteiger partial charge in [-0.15, -0.1) is 0 Å². The SMILES string of the molecule is CCCN1C(=O)COc2cc(N=C=S)ccc21. The highest BCUT2D eigenvalue weighted by molar-refractivity contribution is 7.78. The van der Waals surface area contributed by atoms with Crippen molar-refractivity contribution in [3.05, 3.63) is 18.2 Å². The van der Waals surface area contributed by atoms with E-state index in [9.17, 15) is 4.79 Å². The minimum absolute atomic E-state index is 0.00886. The van der Waals surface area contributed by atoms with E-state index in [1.54, 1.807) is 17.0 Å². The van der Waals surface area contributed by atoms with Crippen LogP contribution < -0.4 is 9.64 Å². The molecule has 1 aliphatic heterocycles. The highest BCUT2D eigenvalue weighted by Crippen LogP contribution is 2.35. The van der Waals surface area contributed by atoms with Crippen LogP contribution in [-0.2, 0) is 4.79 Å². The van der Waals surface area contributed by atoms with Crippen molar-refractivity contribution < 1.29 is 9.53 Å². The number of fused-ring (bicyclic) bond motifs is 1. The molecule has 0 aliphatic carbocycles. The van der Waals surface area contributed by atoms with E-state index in [0.29, 0.717) is 18.0 Å². The summed E-state index contributed by atoms with van der Waals surface area (Å²) in [5, 5.41) is 2.31. The van der Waals surface area contributed by atoms with Gasteiger partial charge in [0.1, 0.15) is 5.75 Å². The van der Waals surface area contributed by atoms with Crippen LogP contribution in [0.15, 0.2) is 23.2 Å². The summed E-state index contributed by atoms with van der Waals surface area (Å²) in [6, 6.07) is 5.39. The number of ether oxygens (including phenoxy) is 1. The van der Waals surface area contributed by atoms with Gasteiger partial charge in [-0.25, -0.2) is 0 Å². The number of carbonyl (C=O) groups excluding carboxylic acids is 1. The first-order valence-corrected chi connectivity index (χ1v) is 5.82. The van der Waals surface area contributed by atoms with Crippen molar-refractivity contribution in [2.45, 2.75) is 13.3 Å². The lowest BCUT2D eigenvalue weighted by Crippen LogP contribution is -2.39. The van der Waals surface area contributed by atoms with Gasteiger partial charge >= 0.3 is 0 Å². The number of aliphatic imine (C=N–C) groups is 1. The third kappa shape index (κ3) is 2.35. The molecule has 0 saturated carbocycles. The highest BCUT2D eigenvalue weighted by atomic mass is 32.1. The number of thiocarbonyl (C=S) groups is 1. The minimum Gasteiger partial charge on any atom is -0.481 e. The van der Waals surface area contributed by atoms with E-state index in [2.05, 4.69) is 22.4 Å². The van der Waals surface area contributed by atoms with Gasteiger partial charge in [-0.2, -0.15) is 4.99 Å². The zero-order valence-corrected chi connectivity index (χ0v) is 10.3. The van der Waals surface area contributed by atoms with Gasteiger partial charge in [0, 0.05) is 12.6 Å². The molecule has 2 rings (SSSR count). The van der Waals surface area contributed by atoms with E-state index in [-0.39, 0.29) is 12.5 Å². The third-order valence-electron chi connectivity index (χ3n) is 2.51. The maximum atomic E-state index is 11.7. The quantitative estimate of drug-likeness (QED) is 0.610. The molecule has 5 heteroatoms. The lowest BCUT2D eigenvalue weighted by molar-refractivity contribution is -0.121. The number of isothiocyanates is 1. The van der Waals surface area contributed by atoms with Crippen LogP contribution in [0.25, 0.3) is 0 Å². The molecule has 1 aliphatic rings. The Labute approximate surface area is 105 Å². The van der Waals surface area contributed by atoms with E-state index in [1.807, 2.05) is 13.0 Å². The maximum Gasteiger partial charge on any atom is 0.265 e. The number of hydrogen-bond acceptors (Lipinski definition) is 4. The Kier molecular flexibility index (Phi) is 3.52. The largest absolute Gasteiger partial charge is 0.481 e. The number of rotatable bonds is 3. The summed E-state index contributed by atoms with van der Waals surface area (Å²) >= 11 is 4.55. The molecule has 0 spiro atoms. The van der Waals surface area contributed by atoms with E-state index in [0.717, 1.165) is 12.1 Å². The van der Waals surface area contributed by atoms with Gasteiger partial charge in [0.25, 0.3) is 5.91 Å². The monoisotopic (exact) mass is 248 g/mol. The topological polar surface area (TPSA) is 41.9 Å².